The van der Waals surface area contributed by atoms with E-state index in [9.17, 15) is 4.79 Å². The average Bonchev–Trinajstić information content (AvgIpc) is 2.68. The van der Waals surface area contributed by atoms with Crippen molar-refractivity contribution in [2.45, 2.75) is 19.4 Å². The second-order valence-corrected chi connectivity index (χ2v) is 4.62. The first-order chi connectivity index (χ1) is 7.59. The number of benzene rings is 1. The van der Waals surface area contributed by atoms with Crippen LogP contribution in [0.3, 0.4) is 0 Å². The van der Waals surface area contributed by atoms with E-state index in [-0.39, 0.29) is 11.9 Å². The Morgan fingerprint density at radius 2 is 2.31 bits per heavy atom. The van der Waals surface area contributed by atoms with E-state index in [4.69, 9.17) is 17.3 Å². The van der Waals surface area contributed by atoms with Crippen molar-refractivity contribution >= 4 is 17.5 Å². The molecule has 1 saturated heterocycles. The summed E-state index contributed by atoms with van der Waals surface area (Å²) < 4.78 is 0. The van der Waals surface area contributed by atoms with Crippen LogP contribution in [0, 0.1) is 6.92 Å². The average molecular weight is 239 g/mol. The number of hydrogen-bond acceptors (Lipinski definition) is 2. The van der Waals surface area contributed by atoms with Gasteiger partial charge in [-0.15, -0.1) is 0 Å². The molecule has 0 spiro atoms. The first-order valence-electron chi connectivity index (χ1n) is 5.39. The van der Waals surface area contributed by atoms with Gasteiger partial charge in [-0.3, -0.25) is 4.79 Å². The van der Waals surface area contributed by atoms with Crippen LogP contribution in [0.15, 0.2) is 18.2 Å². The van der Waals surface area contributed by atoms with Crippen molar-refractivity contribution in [3.8, 4) is 0 Å². The summed E-state index contributed by atoms with van der Waals surface area (Å²) in [5.74, 6) is 0.0351. The lowest BCUT2D eigenvalue weighted by atomic mass is 10.1. The van der Waals surface area contributed by atoms with Gasteiger partial charge in [0.1, 0.15) is 0 Å². The van der Waals surface area contributed by atoms with Crippen molar-refractivity contribution < 1.29 is 4.79 Å². The predicted octanol–water partition coefficient (Wildman–Crippen LogP) is 1.82. The number of nitrogens with zero attached hydrogens (tertiary/aromatic N) is 1. The Morgan fingerprint density at radius 3 is 2.94 bits per heavy atom. The van der Waals surface area contributed by atoms with Crippen LogP contribution in [0.4, 0.5) is 0 Å². The standard InChI is InChI=1S/C12H15ClN2O/c1-8-10(3-2-4-11(8)13)12(16)15-6-5-9(14)7-15/h2-4,9H,5-7,14H2,1H3/t9-/m1/s1. The maximum absolute atomic E-state index is 12.2. The van der Waals surface area contributed by atoms with E-state index in [2.05, 4.69) is 0 Å². The Bertz CT molecular complexity index is 419. The van der Waals surface area contributed by atoms with E-state index in [1.807, 2.05) is 13.0 Å². The molecule has 0 bridgehead atoms. The van der Waals surface area contributed by atoms with Crippen molar-refractivity contribution in [3.63, 3.8) is 0 Å². The van der Waals surface area contributed by atoms with Gasteiger partial charge in [-0.2, -0.15) is 0 Å². The van der Waals surface area contributed by atoms with Crippen LogP contribution in [0.2, 0.25) is 5.02 Å². The SMILES string of the molecule is Cc1c(Cl)cccc1C(=O)N1CC[C@@H](N)C1. The lowest BCUT2D eigenvalue weighted by Crippen LogP contribution is -2.32. The van der Waals surface area contributed by atoms with Gasteiger partial charge in [0.25, 0.3) is 5.91 Å². The minimum absolute atomic E-state index is 0.0351. The number of rotatable bonds is 1. The smallest absolute Gasteiger partial charge is 0.254 e. The third kappa shape index (κ3) is 2.06. The number of amides is 1. The summed E-state index contributed by atoms with van der Waals surface area (Å²) in [4.78, 5) is 14.0. The van der Waals surface area contributed by atoms with Gasteiger partial charge in [-0.1, -0.05) is 17.7 Å². The lowest BCUT2D eigenvalue weighted by Gasteiger charge is -2.17. The normalized spacial score (nSPS) is 20.2. The maximum atomic E-state index is 12.2. The summed E-state index contributed by atoms with van der Waals surface area (Å²) in [5, 5.41) is 0.634. The molecule has 2 rings (SSSR count). The van der Waals surface area contributed by atoms with Gasteiger partial charge in [-0.25, -0.2) is 0 Å². The van der Waals surface area contributed by atoms with Gasteiger partial charge >= 0.3 is 0 Å². The molecule has 1 atom stereocenters. The highest BCUT2D eigenvalue weighted by Crippen LogP contribution is 2.21. The molecule has 1 amide bonds. The van der Waals surface area contributed by atoms with Crippen LogP contribution < -0.4 is 5.73 Å². The number of nitrogens with two attached hydrogens (primary N) is 1. The molecular formula is C12H15ClN2O. The van der Waals surface area contributed by atoms with E-state index >= 15 is 0 Å². The largest absolute Gasteiger partial charge is 0.337 e. The fourth-order valence-corrected chi connectivity index (χ4v) is 2.16. The molecule has 4 heteroatoms. The van der Waals surface area contributed by atoms with Crippen LogP contribution in [-0.2, 0) is 0 Å². The predicted molar refractivity (Wildman–Crippen MR) is 64.7 cm³/mol. The second kappa shape index (κ2) is 4.44. The quantitative estimate of drug-likeness (QED) is 0.811. The topological polar surface area (TPSA) is 46.3 Å². The first-order valence-corrected chi connectivity index (χ1v) is 5.77. The third-order valence-corrected chi connectivity index (χ3v) is 3.42. The molecule has 16 heavy (non-hydrogen) atoms. The Labute approximate surface area is 100 Å². The minimum atomic E-state index is 0.0351. The van der Waals surface area contributed by atoms with E-state index in [0.717, 1.165) is 18.5 Å². The fraction of sp³-hybridized carbons (Fsp3) is 0.417. The second-order valence-electron chi connectivity index (χ2n) is 4.21. The van der Waals surface area contributed by atoms with Crippen molar-refractivity contribution in [1.82, 2.24) is 4.90 Å². The third-order valence-electron chi connectivity index (χ3n) is 3.01. The molecule has 1 aliphatic heterocycles. The highest BCUT2D eigenvalue weighted by Gasteiger charge is 2.25. The number of carbonyl (C=O) groups excluding carboxylic acids is 1. The van der Waals surface area contributed by atoms with Crippen LogP contribution in [0.25, 0.3) is 0 Å². The first kappa shape index (κ1) is 11.4. The van der Waals surface area contributed by atoms with Gasteiger partial charge in [0, 0.05) is 29.7 Å². The zero-order valence-electron chi connectivity index (χ0n) is 9.24. The highest BCUT2D eigenvalue weighted by molar-refractivity contribution is 6.31. The molecule has 1 heterocycles. The molecule has 0 saturated carbocycles. The van der Waals surface area contributed by atoms with Crippen molar-refractivity contribution in [2.75, 3.05) is 13.1 Å². The van der Waals surface area contributed by atoms with Crippen LogP contribution in [0.5, 0.6) is 0 Å². The Balaban J connectivity index is 2.24. The monoisotopic (exact) mass is 238 g/mol. The van der Waals surface area contributed by atoms with Gasteiger partial charge in [0.15, 0.2) is 0 Å². The number of halogens is 1. The Morgan fingerprint density at radius 1 is 1.56 bits per heavy atom. The Hall–Kier alpha value is -1.06. The summed E-state index contributed by atoms with van der Waals surface area (Å²) in [6.07, 6.45) is 0.880. The van der Waals surface area contributed by atoms with E-state index in [0.29, 0.717) is 17.1 Å². The Kier molecular flexibility index (Phi) is 3.17. The highest BCUT2D eigenvalue weighted by atomic mass is 35.5. The molecular weight excluding hydrogens is 224 g/mol. The zero-order chi connectivity index (χ0) is 11.7. The van der Waals surface area contributed by atoms with Crippen LogP contribution in [0.1, 0.15) is 22.3 Å². The van der Waals surface area contributed by atoms with E-state index in [1.54, 1.807) is 17.0 Å². The maximum Gasteiger partial charge on any atom is 0.254 e. The molecule has 1 aromatic rings. The molecule has 86 valence electrons. The van der Waals surface area contributed by atoms with Crippen molar-refractivity contribution in [3.05, 3.63) is 34.3 Å². The summed E-state index contributed by atoms with van der Waals surface area (Å²) in [6, 6.07) is 5.53. The van der Waals surface area contributed by atoms with Crippen LogP contribution in [-0.4, -0.2) is 29.9 Å². The molecule has 1 aliphatic rings. The number of carbonyl (C=O) groups is 1. The van der Waals surface area contributed by atoms with Crippen molar-refractivity contribution in [2.24, 2.45) is 5.73 Å². The van der Waals surface area contributed by atoms with Crippen molar-refractivity contribution in [1.29, 1.82) is 0 Å². The minimum Gasteiger partial charge on any atom is -0.337 e. The fourth-order valence-electron chi connectivity index (χ4n) is 1.98. The van der Waals surface area contributed by atoms with Gasteiger partial charge in [0.2, 0.25) is 0 Å². The molecule has 2 N–H and O–H groups in total. The summed E-state index contributed by atoms with van der Waals surface area (Å²) in [5.41, 5.74) is 7.31. The summed E-state index contributed by atoms with van der Waals surface area (Å²) >= 11 is 6.00. The molecule has 0 aromatic heterocycles. The zero-order valence-corrected chi connectivity index (χ0v) is 10.00. The molecule has 0 radical (unpaired) electrons. The molecule has 3 nitrogen and oxygen atoms in total. The lowest BCUT2D eigenvalue weighted by molar-refractivity contribution is 0.0790. The molecule has 1 fully saturated rings. The van der Waals surface area contributed by atoms with E-state index in [1.165, 1.54) is 0 Å². The van der Waals surface area contributed by atoms with Gasteiger partial charge < -0.3 is 10.6 Å². The molecule has 0 unspecified atom stereocenters. The summed E-state index contributed by atoms with van der Waals surface area (Å²) in [7, 11) is 0. The van der Waals surface area contributed by atoms with Crippen LogP contribution >= 0.6 is 11.6 Å². The van der Waals surface area contributed by atoms with Gasteiger partial charge in [0.05, 0.1) is 0 Å². The molecule has 1 aromatic carbocycles. The van der Waals surface area contributed by atoms with Gasteiger partial charge in [-0.05, 0) is 31.0 Å². The number of likely N-dealkylation sites (tertiary alicyclic amines) is 1. The van der Waals surface area contributed by atoms with E-state index < -0.39 is 0 Å². The number of hydrogen-bond donors (Lipinski definition) is 1. The summed E-state index contributed by atoms with van der Waals surface area (Å²) in [6.45, 7) is 3.25. The molecule has 0 aliphatic carbocycles.